The van der Waals surface area contributed by atoms with Crippen LogP contribution in [0, 0.1) is 0 Å². The van der Waals surface area contributed by atoms with Crippen LogP contribution in [0.4, 0.5) is 5.69 Å². The van der Waals surface area contributed by atoms with Crippen molar-refractivity contribution in [3.63, 3.8) is 0 Å². The van der Waals surface area contributed by atoms with Gasteiger partial charge in [-0.05, 0) is 29.1 Å². The molecule has 1 aliphatic rings. The number of thiophene rings is 1. The van der Waals surface area contributed by atoms with E-state index < -0.39 is 11.9 Å². The van der Waals surface area contributed by atoms with Gasteiger partial charge in [0.1, 0.15) is 4.88 Å². The average molecular weight is 381 g/mol. The molecule has 0 spiro atoms. The lowest BCUT2D eigenvalue weighted by Crippen LogP contribution is -2.20. The minimum Gasteiger partial charge on any atom is -0.454 e. The zero-order valence-corrected chi connectivity index (χ0v) is 15.0. The molecule has 2 heterocycles. The van der Waals surface area contributed by atoms with Crippen molar-refractivity contribution in [2.24, 2.45) is 0 Å². The molecule has 1 aromatic heterocycles. The Morgan fingerprint density at radius 3 is 2.70 bits per heavy atom. The molecule has 2 aromatic carbocycles. The number of rotatable bonds is 5. The number of nitrogens with one attached hydrogen (secondary N) is 1. The van der Waals surface area contributed by atoms with Crippen molar-refractivity contribution >= 4 is 28.9 Å². The minimum absolute atomic E-state index is 0.162. The van der Waals surface area contributed by atoms with Gasteiger partial charge in [-0.1, -0.05) is 30.3 Å². The van der Waals surface area contributed by atoms with E-state index in [-0.39, 0.29) is 13.4 Å². The summed E-state index contributed by atoms with van der Waals surface area (Å²) in [7, 11) is 0. The first-order chi connectivity index (χ1) is 13.2. The number of fused-ring (bicyclic) bond motifs is 1. The number of ether oxygens (including phenoxy) is 3. The van der Waals surface area contributed by atoms with E-state index in [9.17, 15) is 9.59 Å². The molecule has 0 aliphatic carbocycles. The molecule has 3 aromatic rings. The van der Waals surface area contributed by atoms with E-state index in [0.717, 1.165) is 11.1 Å². The number of esters is 1. The van der Waals surface area contributed by atoms with Crippen molar-refractivity contribution < 1.29 is 23.8 Å². The Hall–Kier alpha value is -3.32. The summed E-state index contributed by atoms with van der Waals surface area (Å²) >= 11 is 1.28. The minimum atomic E-state index is -0.523. The van der Waals surface area contributed by atoms with E-state index in [1.165, 1.54) is 11.3 Å². The van der Waals surface area contributed by atoms with Crippen LogP contribution < -0.4 is 14.8 Å². The first-order valence-corrected chi connectivity index (χ1v) is 9.08. The topological polar surface area (TPSA) is 73.9 Å². The largest absolute Gasteiger partial charge is 0.454 e. The van der Waals surface area contributed by atoms with Gasteiger partial charge in [-0.2, -0.15) is 0 Å². The molecule has 7 heteroatoms. The molecular formula is C20H15NO5S. The maximum Gasteiger partial charge on any atom is 0.349 e. The summed E-state index contributed by atoms with van der Waals surface area (Å²) in [5.74, 6) is 0.242. The number of hydrogen-bond acceptors (Lipinski definition) is 6. The quantitative estimate of drug-likeness (QED) is 0.678. The zero-order chi connectivity index (χ0) is 18.6. The lowest BCUT2D eigenvalue weighted by Gasteiger charge is -2.08. The van der Waals surface area contributed by atoms with Gasteiger partial charge in [0.05, 0.1) is 0 Å². The lowest BCUT2D eigenvalue weighted by atomic mass is 10.1. The Morgan fingerprint density at radius 1 is 1.04 bits per heavy atom. The first kappa shape index (κ1) is 17.1. The van der Waals surface area contributed by atoms with Gasteiger partial charge in [-0.15, -0.1) is 11.3 Å². The molecule has 136 valence electrons. The van der Waals surface area contributed by atoms with Crippen molar-refractivity contribution in [2.45, 2.75) is 0 Å². The number of carbonyl (C=O) groups is 2. The number of amides is 1. The maximum atomic E-state index is 12.4. The van der Waals surface area contributed by atoms with E-state index in [4.69, 9.17) is 14.2 Å². The second kappa shape index (κ2) is 7.51. The normalized spacial score (nSPS) is 11.9. The van der Waals surface area contributed by atoms with Crippen LogP contribution >= 0.6 is 11.3 Å². The highest BCUT2D eigenvalue weighted by Gasteiger charge is 2.18. The van der Waals surface area contributed by atoms with Crippen LogP contribution in [0.15, 0.2) is 60.0 Å². The third-order valence-corrected chi connectivity index (χ3v) is 4.82. The predicted molar refractivity (Wildman–Crippen MR) is 101 cm³/mol. The molecule has 4 rings (SSSR count). The van der Waals surface area contributed by atoms with E-state index in [1.807, 2.05) is 41.8 Å². The lowest BCUT2D eigenvalue weighted by molar-refractivity contribution is -0.119. The number of hydrogen-bond donors (Lipinski definition) is 1. The molecule has 6 nitrogen and oxygen atoms in total. The van der Waals surface area contributed by atoms with Gasteiger partial charge in [-0.25, -0.2) is 4.79 Å². The monoisotopic (exact) mass is 381 g/mol. The second-order valence-electron chi connectivity index (χ2n) is 5.72. The van der Waals surface area contributed by atoms with Crippen LogP contribution in [0.1, 0.15) is 9.67 Å². The Labute approximate surface area is 159 Å². The van der Waals surface area contributed by atoms with E-state index in [2.05, 4.69) is 5.32 Å². The molecule has 1 amide bonds. The second-order valence-corrected chi connectivity index (χ2v) is 6.64. The third kappa shape index (κ3) is 3.78. The van der Waals surface area contributed by atoms with Crippen molar-refractivity contribution in [1.82, 2.24) is 0 Å². The van der Waals surface area contributed by atoms with Crippen LogP contribution in [0.3, 0.4) is 0 Å². The van der Waals surface area contributed by atoms with Gasteiger partial charge in [0, 0.05) is 17.3 Å². The standard InChI is InChI=1S/C20H15NO5S/c22-18(21-14-6-7-16-17(10-14)26-12-25-16)11-24-20(23)19-15(8-9-27-19)13-4-2-1-3-5-13/h1-10H,11-12H2,(H,21,22). The maximum absolute atomic E-state index is 12.4. The number of carbonyl (C=O) groups excluding carboxylic acids is 2. The number of anilines is 1. The molecular weight excluding hydrogens is 366 g/mol. The molecule has 1 N–H and O–H groups in total. The van der Waals surface area contributed by atoms with E-state index in [0.29, 0.717) is 22.1 Å². The number of benzene rings is 2. The first-order valence-electron chi connectivity index (χ1n) is 8.20. The third-order valence-electron chi connectivity index (χ3n) is 3.93. The van der Waals surface area contributed by atoms with Crippen LogP contribution in [-0.4, -0.2) is 25.3 Å². The Bertz CT molecular complexity index is 983. The average Bonchev–Trinajstić information content (AvgIpc) is 3.36. The van der Waals surface area contributed by atoms with Gasteiger partial charge in [0.2, 0.25) is 6.79 Å². The molecule has 27 heavy (non-hydrogen) atoms. The van der Waals surface area contributed by atoms with Crippen LogP contribution in [0.25, 0.3) is 11.1 Å². The summed E-state index contributed by atoms with van der Waals surface area (Å²) < 4.78 is 15.7. The van der Waals surface area contributed by atoms with Gasteiger partial charge >= 0.3 is 5.97 Å². The van der Waals surface area contributed by atoms with Gasteiger partial charge in [-0.3, -0.25) is 4.79 Å². The van der Waals surface area contributed by atoms with Crippen LogP contribution in [-0.2, 0) is 9.53 Å². The summed E-state index contributed by atoms with van der Waals surface area (Å²) in [4.78, 5) is 24.9. The molecule has 0 saturated carbocycles. The van der Waals surface area contributed by atoms with Crippen molar-refractivity contribution in [2.75, 3.05) is 18.7 Å². The summed E-state index contributed by atoms with van der Waals surface area (Å²) in [6.07, 6.45) is 0. The van der Waals surface area contributed by atoms with Crippen molar-refractivity contribution in [3.05, 3.63) is 64.9 Å². The van der Waals surface area contributed by atoms with E-state index in [1.54, 1.807) is 18.2 Å². The molecule has 0 bridgehead atoms. The van der Waals surface area contributed by atoms with Crippen LogP contribution in [0.5, 0.6) is 11.5 Å². The SMILES string of the molecule is O=C(COC(=O)c1sccc1-c1ccccc1)Nc1ccc2c(c1)OCO2. The summed E-state index contributed by atoms with van der Waals surface area (Å²) in [6, 6.07) is 16.5. The highest BCUT2D eigenvalue weighted by atomic mass is 32.1. The zero-order valence-electron chi connectivity index (χ0n) is 14.1. The van der Waals surface area contributed by atoms with Crippen molar-refractivity contribution in [3.8, 4) is 22.6 Å². The fraction of sp³-hybridized carbons (Fsp3) is 0.100. The fourth-order valence-corrected chi connectivity index (χ4v) is 3.49. The van der Waals surface area contributed by atoms with Gasteiger partial charge in [0.25, 0.3) is 5.91 Å². The Morgan fingerprint density at radius 2 is 1.85 bits per heavy atom. The van der Waals surface area contributed by atoms with Gasteiger partial charge < -0.3 is 19.5 Å². The van der Waals surface area contributed by atoms with Crippen LogP contribution in [0.2, 0.25) is 0 Å². The highest BCUT2D eigenvalue weighted by Crippen LogP contribution is 2.34. The Balaban J connectivity index is 1.37. The fourth-order valence-electron chi connectivity index (χ4n) is 2.68. The van der Waals surface area contributed by atoms with E-state index >= 15 is 0 Å². The molecule has 0 radical (unpaired) electrons. The summed E-state index contributed by atoms with van der Waals surface area (Å²) in [5.41, 5.74) is 2.26. The highest BCUT2D eigenvalue weighted by molar-refractivity contribution is 7.12. The molecule has 0 unspecified atom stereocenters. The molecule has 0 fully saturated rings. The summed E-state index contributed by atoms with van der Waals surface area (Å²) in [5, 5.41) is 4.50. The van der Waals surface area contributed by atoms with Gasteiger partial charge in [0.15, 0.2) is 18.1 Å². The smallest absolute Gasteiger partial charge is 0.349 e. The predicted octanol–water partition coefficient (Wildman–Crippen LogP) is 3.94. The Kier molecular flexibility index (Phi) is 4.76. The molecule has 0 saturated heterocycles. The molecule has 1 aliphatic heterocycles. The molecule has 0 atom stereocenters. The van der Waals surface area contributed by atoms with Crippen molar-refractivity contribution in [1.29, 1.82) is 0 Å². The summed E-state index contributed by atoms with van der Waals surface area (Å²) in [6.45, 7) is -0.214.